The molecular weight excluding hydrogens is 254 g/mol. The Balaban J connectivity index is 2.93. The summed E-state index contributed by atoms with van der Waals surface area (Å²) in [5, 5.41) is 0. The van der Waals surface area contributed by atoms with Gasteiger partial charge in [-0.15, -0.1) is 0 Å². The highest BCUT2D eigenvalue weighted by Gasteiger charge is 2.20. The van der Waals surface area contributed by atoms with Crippen LogP contribution in [0.3, 0.4) is 0 Å². The number of carbonyl (C=O) groups is 2. The van der Waals surface area contributed by atoms with Gasteiger partial charge in [-0.05, 0) is 44.4 Å². The Kier molecular flexibility index (Phi) is 6.22. The molecule has 4 heteroatoms. The number of benzene rings is 1. The minimum absolute atomic E-state index is 0.00783. The van der Waals surface area contributed by atoms with Crippen molar-refractivity contribution in [2.24, 2.45) is 0 Å². The van der Waals surface area contributed by atoms with Gasteiger partial charge >= 0.3 is 5.97 Å². The molecular formula is C16H23NO3. The van der Waals surface area contributed by atoms with E-state index in [0.717, 1.165) is 17.5 Å². The van der Waals surface area contributed by atoms with Gasteiger partial charge in [-0.2, -0.15) is 0 Å². The molecule has 0 aliphatic carbocycles. The molecule has 0 N–H and O–H groups in total. The van der Waals surface area contributed by atoms with E-state index in [1.54, 1.807) is 17.9 Å². The fourth-order valence-electron chi connectivity index (χ4n) is 2.04. The van der Waals surface area contributed by atoms with Crippen LogP contribution in [0.5, 0.6) is 0 Å². The second-order valence-electron chi connectivity index (χ2n) is 4.78. The molecule has 0 aliphatic heterocycles. The predicted molar refractivity (Wildman–Crippen MR) is 78.7 cm³/mol. The number of nitrogens with zero attached hydrogens (tertiary/aromatic N) is 1. The molecule has 0 heterocycles. The third-order valence-electron chi connectivity index (χ3n) is 3.24. The van der Waals surface area contributed by atoms with Gasteiger partial charge in [0, 0.05) is 12.1 Å². The molecule has 0 saturated carbocycles. The third kappa shape index (κ3) is 4.08. The van der Waals surface area contributed by atoms with Crippen LogP contribution in [-0.4, -0.2) is 36.5 Å². The van der Waals surface area contributed by atoms with Crippen LogP contribution in [0, 0.1) is 13.8 Å². The lowest BCUT2D eigenvalue weighted by Gasteiger charge is -2.22. The van der Waals surface area contributed by atoms with Crippen molar-refractivity contribution in [2.45, 2.75) is 34.1 Å². The summed E-state index contributed by atoms with van der Waals surface area (Å²) >= 11 is 0. The maximum Gasteiger partial charge on any atom is 0.325 e. The van der Waals surface area contributed by atoms with Crippen molar-refractivity contribution < 1.29 is 14.3 Å². The quantitative estimate of drug-likeness (QED) is 0.751. The van der Waals surface area contributed by atoms with Gasteiger partial charge in [-0.25, -0.2) is 0 Å². The van der Waals surface area contributed by atoms with Gasteiger partial charge in [0.05, 0.1) is 6.61 Å². The summed E-state index contributed by atoms with van der Waals surface area (Å²) in [5.41, 5.74) is 2.69. The van der Waals surface area contributed by atoms with E-state index in [4.69, 9.17) is 4.74 Å². The number of aryl methyl sites for hydroxylation is 1. The average Bonchev–Trinajstić information content (AvgIpc) is 2.41. The van der Waals surface area contributed by atoms with Crippen LogP contribution in [0.15, 0.2) is 18.2 Å². The Labute approximate surface area is 120 Å². The maximum absolute atomic E-state index is 12.6. The number of hydrogen-bond acceptors (Lipinski definition) is 3. The number of rotatable bonds is 6. The molecule has 0 spiro atoms. The molecule has 20 heavy (non-hydrogen) atoms. The lowest BCUT2D eigenvalue weighted by molar-refractivity contribution is -0.143. The minimum atomic E-state index is -0.361. The lowest BCUT2D eigenvalue weighted by Crippen LogP contribution is -2.37. The van der Waals surface area contributed by atoms with Gasteiger partial charge in [0.25, 0.3) is 5.91 Å². The van der Waals surface area contributed by atoms with E-state index in [0.29, 0.717) is 18.7 Å². The predicted octanol–water partition coefficient (Wildman–Crippen LogP) is 2.72. The third-order valence-corrected chi connectivity index (χ3v) is 3.24. The summed E-state index contributed by atoms with van der Waals surface area (Å²) in [6.07, 6.45) is 0.802. The first-order valence-electron chi connectivity index (χ1n) is 7.02. The SMILES string of the molecule is CCCN(CC(=O)OCC)C(=O)c1cccc(C)c1C. The Morgan fingerprint density at radius 2 is 1.90 bits per heavy atom. The van der Waals surface area contributed by atoms with Crippen LogP contribution in [0.25, 0.3) is 0 Å². The number of amides is 1. The largest absolute Gasteiger partial charge is 0.465 e. The first kappa shape index (κ1) is 16.2. The van der Waals surface area contributed by atoms with E-state index in [9.17, 15) is 9.59 Å². The van der Waals surface area contributed by atoms with Gasteiger partial charge in [0.1, 0.15) is 6.54 Å². The summed E-state index contributed by atoms with van der Waals surface area (Å²) in [6, 6.07) is 5.64. The topological polar surface area (TPSA) is 46.6 Å². The highest BCUT2D eigenvalue weighted by molar-refractivity contribution is 5.97. The summed E-state index contributed by atoms with van der Waals surface area (Å²) in [6.45, 7) is 8.52. The van der Waals surface area contributed by atoms with Gasteiger partial charge in [0.15, 0.2) is 0 Å². The molecule has 4 nitrogen and oxygen atoms in total. The smallest absolute Gasteiger partial charge is 0.325 e. The Bertz CT molecular complexity index is 483. The second kappa shape index (κ2) is 7.68. The van der Waals surface area contributed by atoms with E-state index in [2.05, 4.69) is 0 Å². The standard InChI is InChI=1S/C16H23NO3/c1-5-10-17(11-15(18)20-6-2)16(19)14-9-7-8-12(3)13(14)4/h7-9H,5-6,10-11H2,1-4H3. The van der Waals surface area contributed by atoms with Crippen molar-refractivity contribution in [2.75, 3.05) is 19.7 Å². The van der Waals surface area contributed by atoms with E-state index in [1.807, 2.05) is 32.9 Å². The lowest BCUT2D eigenvalue weighted by atomic mass is 10.0. The minimum Gasteiger partial charge on any atom is -0.465 e. The Morgan fingerprint density at radius 1 is 1.20 bits per heavy atom. The zero-order chi connectivity index (χ0) is 15.1. The van der Waals surface area contributed by atoms with Crippen LogP contribution in [0.2, 0.25) is 0 Å². The summed E-state index contributed by atoms with van der Waals surface area (Å²) in [5.74, 6) is -0.472. The molecule has 1 rings (SSSR count). The molecule has 0 bridgehead atoms. The first-order valence-corrected chi connectivity index (χ1v) is 7.02. The molecule has 110 valence electrons. The zero-order valence-corrected chi connectivity index (χ0v) is 12.7. The number of carbonyl (C=O) groups excluding carboxylic acids is 2. The fraction of sp³-hybridized carbons (Fsp3) is 0.500. The molecule has 0 radical (unpaired) electrons. The van der Waals surface area contributed by atoms with E-state index in [1.165, 1.54) is 0 Å². The highest BCUT2D eigenvalue weighted by Crippen LogP contribution is 2.15. The summed E-state index contributed by atoms with van der Waals surface area (Å²) in [4.78, 5) is 25.7. The molecule has 0 atom stereocenters. The summed E-state index contributed by atoms with van der Waals surface area (Å²) in [7, 11) is 0. The summed E-state index contributed by atoms with van der Waals surface area (Å²) < 4.78 is 4.93. The molecule has 1 amide bonds. The molecule has 0 saturated heterocycles. The van der Waals surface area contributed by atoms with Gasteiger partial charge in [-0.3, -0.25) is 9.59 Å². The van der Waals surface area contributed by atoms with Crippen molar-refractivity contribution in [3.63, 3.8) is 0 Å². The van der Waals surface area contributed by atoms with Crippen molar-refractivity contribution >= 4 is 11.9 Å². The second-order valence-corrected chi connectivity index (χ2v) is 4.78. The molecule has 0 aromatic heterocycles. The van der Waals surface area contributed by atoms with E-state index < -0.39 is 0 Å². The first-order chi connectivity index (χ1) is 9.51. The number of ether oxygens (including phenoxy) is 1. The Hall–Kier alpha value is -1.84. The number of hydrogen-bond donors (Lipinski definition) is 0. The van der Waals surface area contributed by atoms with Crippen molar-refractivity contribution in [3.8, 4) is 0 Å². The maximum atomic E-state index is 12.6. The molecule has 0 unspecified atom stereocenters. The molecule has 1 aromatic rings. The van der Waals surface area contributed by atoms with Crippen LogP contribution in [0.4, 0.5) is 0 Å². The zero-order valence-electron chi connectivity index (χ0n) is 12.7. The van der Waals surface area contributed by atoms with Crippen LogP contribution in [0.1, 0.15) is 41.8 Å². The molecule has 0 fully saturated rings. The molecule has 1 aromatic carbocycles. The van der Waals surface area contributed by atoms with Crippen molar-refractivity contribution in [3.05, 3.63) is 34.9 Å². The van der Waals surface area contributed by atoms with E-state index >= 15 is 0 Å². The van der Waals surface area contributed by atoms with Gasteiger partial charge < -0.3 is 9.64 Å². The fourth-order valence-corrected chi connectivity index (χ4v) is 2.04. The van der Waals surface area contributed by atoms with E-state index in [-0.39, 0.29) is 18.4 Å². The van der Waals surface area contributed by atoms with Gasteiger partial charge in [-0.1, -0.05) is 19.1 Å². The van der Waals surface area contributed by atoms with Gasteiger partial charge in [0.2, 0.25) is 0 Å². The number of esters is 1. The highest BCUT2D eigenvalue weighted by atomic mass is 16.5. The molecule has 0 aliphatic rings. The Morgan fingerprint density at radius 3 is 2.50 bits per heavy atom. The van der Waals surface area contributed by atoms with Crippen LogP contribution < -0.4 is 0 Å². The average molecular weight is 277 g/mol. The monoisotopic (exact) mass is 277 g/mol. The van der Waals surface area contributed by atoms with Crippen molar-refractivity contribution in [1.29, 1.82) is 0 Å². The van der Waals surface area contributed by atoms with Crippen LogP contribution >= 0.6 is 0 Å². The van der Waals surface area contributed by atoms with Crippen molar-refractivity contribution in [1.82, 2.24) is 4.90 Å². The normalized spacial score (nSPS) is 10.2. The van der Waals surface area contributed by atoms with Crippen LogP contribution in [-0.2, 0) is 9.53 Å².